The van der Waals surface area contributed by atoms with E-state index in [1.807, 2.05) is 0 Å². The van der Waals surface area contributed by atoms with Gasteiger partial charge in [0.25, 0.3) is 0 Å². The summed E-state index contributed by atoms with van der Waals surface area (Å²) >= 11 is 0. The highest BCUT2D eigenvalue weighted by molar-refractivity contribution is 6.95. The van der Waals surface area contributed by atoms with Gasteiger partial charge in [0.15, 0.2) is 0 Å². The van der Waals surface area contributed by atoms with Crippen molar-refractivity contribution in [2.45, 2.75) is 157 Å². The van der Waals surface area contributed by atoms with E-state index in [9.17, 15) is 0 Å². The van der Waals surface area contributed by atoms with Gasteiger partial charge in [-0.15, -0.1) is 0 Å². The zero-order valence-electron chi connectivity index (χ0n) is 32.5. The number of nitrogens with zero attached hydrogens (tertiary/aromatic N) is 1. The average molecular weight is 653 g/mol. The second kappa shape index (κ2) is 26.5. The highest BCUT2D eigenvalue weighted by Gasteiger charge is 2.26. The van der Waals surface area contributed by atoms with Crippen molar-refractivity contribution in [2.24, 2.45) is 0 Å². The predicted molar refractivity (Wildman–Crippen MR) is 219 cm³/mol. The third-order valence-electron chi connectivity index (χ3n) is 10.7. The molecule has 3 aromatic rings. The third kappa shape index (κ3) is 15.9. The minimum absolute atomic E-state index is 0.294. The molecule has 0 saturated heterocycles. The maximum absolute atomic E-state index is 2.34. The molecule has 0 N–H and O–H groups in total. The summed E-state index contributed by atoms with van der Waals surface area (Å²) in [6, 6.07) is 30.6. The second-order valence-corrected chi connectivity index (χ2v) is 14.7. The van der Waals surface area contributed by atoms with Gasteiger partial charge in [0.2, 0.25) is 6.71 Å². The molecular formula is C46H75BN+. The van der Waals surface area contributed by atoms with E-state index < -0.39 is 0 Å². The zero-order valence-corrected chi connectivity index (χ0v) is 32.5. The van der Waals surface area contributed by atoms with Crippen molar-refractivity contribution in [1.29, 1.82) is 0 Å². The summed E-state index contributed by atoms with van der Waals surface area (Å²) in [5.74, 6) is 0.570. The Morgan fingerprint density at radius 1 is 0.438 bits per heavy atom. The molecule has 0 aliphatic heterocycles. The lowest BCUT2D eigenvalue weighted by molar-refractivity contribution is -0.929. The lowest BCUT2D eigenvalue weighted by atomic mass is 9.36. The van der Waals surface area contributed by atoms with Crippen LogP contribution in [0.2, 0.25) is 0 Å². The van der Waals surface area contributed by atoms with E-state index in [1.165, 1.54) is 155 Å². The van der Waals surface area contributed by atoms with E-state index in [1.54, 1.807) is 0 Å². The van der Waals surface area contributed by atoms with Crippen LogP contribution < -0.4 is 16.4 Å². The standard InChI is InChI=1S/C24H52N.C22H23B/c1-5-9-13-17-21-25(22-18-14-10-6-2,23-19-15-11-7-3)24-20-16-12-8-4;1-3-18(2)21-16-10-11-17-22(21)23(19-12-6-4-7-13-19)20-14-8-5-9-15-20/h5-24H2,1-4H3;4-18H,3H2,1-2H3/q+1;. The van der Waals surface area contributed by atoms with E-state index in [-0.39, 0.29) is 0 Å². The first-order chi connectivity index (χ1) is 23.6. The minimum Gasteiger partial charge on any atom is -0.324 e. The molecule has 0 aliphatic carbocycles. The Labute approximate surface area is 300 Å². The van der Waals surface area contributed by atoms with Crippen LogP contribution in [-0.4, -0.2) is 37.4 Å². The number of rotatable bonds is 25. The van der Waals surface area contributed by atoms with E-state index in [0.29, 0.717) is 12.6 Å². The lowest BCUT2D eigenvalue weighted by Crippen LogP contribution is -2.53. The van der Waals surface area contributed by atoms with Crippen LogP contribution in [0.15, 0.2) is 84.9 Å². The van der Waals surface area contributed by atoms with Crippen LogP contribution in [0.5, 0.6) is 0 Å². The van der Waals surface area contributed by atoms with Gasteiger partial charge in [0.05, 0.1) is 26.2 Å². The van der Waals surface area contributed by atoms with Crippen molar-refractivity contribution in [3.63, 3.8) is 0 Å². The maximum Gasteiger partial charge on any atom is 0.241 e. The van der Waals surface area contributed by atoms with Crippen LogP contribution in [0.4, 0.5) is 0 Å². The van der Waals surface area contributed by atoms with Gasteiger partial charge in [0.1, 0.15) is 0 Å². The molecule has 0 fully saturated rings. The van der Waals surface area contributed by atoms with Gasteiger partial charge in [-0.3, -0.25) is 0 Å². The first-order valence-electron chi connectivity index (χ1n) is 20.6. The largest absolute Gasteiger partial charge is 0.324 e. The van der Waals surface area contributed by atoms with E-state index >= 15 is 0 Å². The number of hydrogen-bond donors (Lipinski definition) is 0. The summed E-state index contributed by atoms with van der Waals surface area (Å²) in [7, 11) is 0. The molecule has 0 radical (unpaired) electrons. The molecule has 0 aliphatic rings. The fourth-order valence-corrected chi connectivity index (χ4v) is 7.45. The smallest absolute Gasteiger partial charge is 0.241 e. The molecule has 0 aromatic heterocycles. The quantitative estimate of drug-likeness (QED) is 0.0485. The summed E-state index contributed by atoms with van der Waals surface area (Å²) in [4.78, 5) is 0. The molecule has 0 spiro atoms. The summed E-state index contributed by atoms with van der Waals surface area (Å²) < 4.78 is 1.46. The van der Waals surface area contributed by atoms with Crippen LogP contribution in [0.25, 0.3) is 0 Å². The van der Waals surface area contributed by atoms with Gasteiger partial charge in [-0.2, -0.15) is 0 Å². The van der Waals surface area contributed by atoms with Gasteiger partial charge in [-0.1, -0.05) is 194 Å². The molecule has 266 valence electrons. The van der Waals surface area contributed by atoms with Gasteiger partial charge in [0, 0.05) is 0 Å². The van der Waals surface area contributed by atoms with Crippen molar-refractivity contribution in [2.75, 3.05) is 26.2 Å². The number of unbranched alkanes of at least 4 members (excludes halogenated alkanes) is 12. The number of hydrogen-bond acceptors (Lipinski definition) is 0. The molecule has 1 unspecified atom stereocenters. The first kappa shape index (κ1) is 41.9. The monoisotopic (exact) mass is 653 g/mol. The molecule has 2 heteroatoms. The summed E-state index contributed by atoms with van der Waals surface area (Å²) in [6.07, 6.45) is 24.0. The Bertz CT molecular complexity index is 1050. The molecule has 48 heavy (non-hydrogen) atoms. The van der Waals surface area contributed by atoms with Gasteiger partial charge < -0.3 is 4.48 Å². The van der Waals surface area contributed by atoms with Crippen LogP contribution in [0, 0.1) is 0 Å². The molecule has 0 amide bonds. The SMILES string of the molecule is CCC(C)c1ccccc1B(c1ccccc1)c1ccccc1.CCCCCC[N+](CCCCCC)(CCCCCC)CCCCCC. The fraction of sp³-hybridized carbons (Fsp3) is 0.609. The van der Waals surface area contributed by atoms with Crippen molar-refractivity contribution >= 4 is 23.1 Å². The van der Waals surface area contributed by atoms with Gasteiger partial charge in [-0.05, 0) is 69.3 Å². The van der Waals surface area contributed by atoms with Crippen LogP contribution in [0.1, 0.15) is 162 Å². The second-order valence-electron chi connectivity index (χ2n) is 14.7. The zero-order chi connectivity index (χ0) is 34.7. The summed E-state index contributed by atoms with van der Waals surface area (Å²) in [5, 5.41) is 0. The summed E-state index contributed by atoms with van der Waals surface area (Å²) in [5.41, 5.74) is 5.61. The molecule has 0 bridgehead atoms. The Morgan fingerprint density at radius 3 is 1.15 bits per heavy atom. The molecule has 0 heterocycles. The molecule has 1 atom stereocenters. The average Bonchev–Trinajstić information content (AvgIpc) is 3.13. The predicted octanol–water partition coefficient (Wildman–Crippen LogP) is 11.8. The van der Waals surface area contributed by atoms with E-state index in [2.05, 4.69) is 126 Å². The first-order valence-corrected chi connectivity index (χ1v) is 20.6. The highest BCUT2D eigenvalue weighted by atomic mass is 15.3. The molecule has 0 saturated carbocycles. The highest BCUT2D eigenvalue weighted by Crippen LogP contribution is 2.20. The van der Waals surface area contributed by atoms with Crippen molar-refractivity contribution in [1.82, 2.24) is 0 Å². The van der Waals surface area contributed by atoms with E-state index in [4.69, 9.17) is 0 Å². The van der Waals surface area contributed by atoms with Crippen molar-refractivity contribution in [3.05, 3.63) is 90.5 Å². The van der Waals surface area contributed by atoms with Crippen LogP contribution in [-0.2, 0) is 0 Å². The molecule has 3 rings (SSSR count). The number of quaternary nitrogens is 1. The lowest BCUT2D eigenvalue weighted by Gasteiger charge is -2.39. The van der Waals surface area contributed by atoms with Crippen LogP contribution in [0.3, 0.4) is 0 Å². The van der Waals surface area contributed by atoms with Gasteiger partial charge in [-0.25, -0.2) is 0 Å². The molecular weight excluding hydrogens is 577 g/mol. The topological polar surface area (TPSA) is 0 Å². The Morgan fingerprint density at radius 2 is 0.792 bits per heavy atom. The molecule has 1 nitrogen and oxygen atoms in total. The number of benzene rings is 3. The van der Waals surface area contributed by atoms with Crippen molar-refractivity contribution in [3.8, 4) is 0 Å². The fourth-order valence-electron chi connectivity index (χ4n) is 7.45. The third-order valence-corrected chi connectivity index (χ3v) is 10.7. The van der Waals surface area contributed by atoms with Crippen molar-refractivity contribution < 1.29 is 4.48 Å². The Balaban J connectivity index is 0.000000334. The molecule has 3 aromatic carbocycles. The minimum atomic E-state index is 0.294. The van der Waals surface area contributed by atoms with E-state index in [0.717, 1.165) is 6.42 Å². The maximum atomic E-state index is 2.34. The Hall–Kier alpha value is -2.32. The Kier molecular flexibility index (Phi) is 23.1. The normalized spacial score (nSPS) is 12.0. The summed E-state index contributed by atoms with van der Waals surface area (Å²) in [6.45, 7) is 20.1. The van der Waals surface area contributed by atoms with Crippen LogP contribution >= 0.6 is 0 Å². The van der Waals surface area contributed by atoms with Gasteiger partial charge >= 0.3 is 0 Å².